The molecule has 0 saturated carbocycles. The molecule has 3 aromatic carbocycles. The molecule has 0 atom stereocenters. The van der Waals surface area contributed by atoms with Crippen molar-refractivity contribution in [3.63, 3.8) is 0 Å². The molecule has 6 nitrogen and oxygen atoms in total. The van der Waals surface area contributed by atoms with Gasteiger partial charge in [-0.3, -0.25) is 4.79 Å². The first kappa shape index (κ1) is 24.3. The van der Waals surface area contributed by atoms with Crippen molar-refractivity contribution in [1.82, 2.24) is 24.4 Å². The monoisotopic (exact) mass is 493 g/mol. The number of likely N-dealkylation sites (N-methyl/N-ethyl adjacent to an activating group) is 1. The van der Waals surface area contributed by atoms with Crippen LogP contribution in [0, 0.1) is 5.82 Å². The Balaban J connectivity index is 1.62. The average molecular weight is 494 g/mol. The van der Waals surface area contributed by atoms with E-state index in [0.29, 0.717) is 42.2 Å². The fourth-order valence-electron chi connectivity index (χ4n) is 4.23. The van der Waals surface area contributed by atoms with Crippen LogP contribution in [0.3, 0.4) is 0 Å². The van der Waals surface area contributed by atoms with Gasteiger partial charge in [-0.25, -0.2) is 13.9 Å². The van der Waals surface area contributed by atoms with Crippen LogP contribution in [0.5, 0.6) is 0 Å². The van der Waals surface area contributed by atoms with Crippen LogP contribution in [0.25, 0.3) is 28.2 Å². The van der Waals surface area contributed by atoms with Crippen molar-refractivity contribution in [2.45, 2.75) is 6.54 Å². The summed E-state index contributed by atoms with van der Waals surface area (Å²) in [5, 5.41) is 4.73. The van der Waals surface area contributed by atoms with E-state index in [2.05, 4.69) is 0 Å². The van der Waals surface area contributed by atoms with Gasteiger partial charge in [0.1, 0.15) is 11.5 Å². The molecule has 0 bridgehead atoms. The normalized spacial score (nSPS) is 11.2. The van der Waals surface area contributed by atoms with Crippen LogP contribution in [-0.4, -0.2) is 57.5 Å². The van der Waals surface area contributed by atoms with Gasteiger partial charge in [0.05, 0.1) is 11.4 Å². The van der Waals surface area contributed by atoms with Crippen LogP contribution < -0.4 is 0 Å². The molecule has 5 aromatic rings. The number of nitrogens with zero attached hydrogens (tertiary/aromatic N) is 5. The van der Waals surface area contributed by atoms with E-state index in [1.165, 1.54) is 6.07 Å². The summed E-state index contributed by atoms with van der Waals surface area (Å²) >= 11 is 0. The lowest BCUT2D eigenvalue weighted by Crippen LogP contribution is -2.36. The van der Waals surface area contributed by atoms with Gasteiger partial charge in [0, 0.05) is 36.8 Å². The van der Waals surface area contributed by atoms with Gasteiger partial charge < -0.3 is 9.80 Å². The van der Waals surface area contributed by atoms with Crippen molar-refractivity contribution >= 4 is 11.6 Å². The molecule has 1 amide bonds. The molecule has 7 heteroatoms. The number of aromatic nitrogens is 3. The molecule has 2 heterocycles. The number of halogens is 1. The number of hydrogen-bond acceptors (Lipinski definition) is 4. The predicted molar refractivity (Wildman–Crippen MR) is 144 cm³/mol. The number of carbonyl (C=O) groups excluding carboxylic acids is 1. The molecule has 2 aromatic heterocycles. The summed E-state index contributed by atoms with van der Waals surface area (Å²) in [6.07, 6.45) is 0. The first-order chi connectivity index (χ1) is 18.0. The molecule has 0 aliphatic heterocycles. The van der Waals surface area contributed by atoms with Gasteiger partial charge in [-0.2, -0.15) is 5.10 Å². The molecule has 0 radical (unpaired) electrons. The maximum atomic E-state index is 15.0. The van der Waals surface area contributed by atoms with Crippen molar-refractivity contribution in [2.75, 3.05) is 27.2 Å². The maximum absolute atomic E-state index is 15.0. The van der Waals surface area contributed by atoms with Crippen LogP contribution in [0.4, 0.5) is 4.39 Å². The third-order valence-corrected chi connectivity index (χ3v) is 6.19. The summed E-state index contributed by atoms with van der Waals surface area (Å²) in [5.74, 6) is -0.604. The lowest BCUT2D eigenvalue weighted by molar-refractivity contribution is 0.0726. The van der Waals surface area contributed by atoms with Crippen molar-refractivity contribution in [3.8, 4) is 22.5 Å². The fraction of sp³-hybridized carbons (Fsp3) is 0.167. The topological polar surface area (TPSA) is 53.7 Å². The highest BCUT2D eigenvalue weighted by Gasteiger charge is 2.22. The number of benzene rings is 3. The van der Waals surface area contributed by atoms with Gasteiger partial charge in [-0.15, -0.1) is 0 Å². The molecule has 5 rings (SSSR count). The van der Waals surface area contributed by atoms with Gasteiger partial charge in [0.15, 0.2) is 5.65 Å². The van der Waals surface area contributed by atoms with E-state index in [4.69, 9.17) is 10.1 Å². The molecular formula is C30H28FN5O. The summed E-state index contributed by atoms with van der Waals surface area (Å²) in [6, 6.07) is 29.6. The van der Waals surface area contributed by atoms with Crippen LogP contribution in [0.2, 0.25) is 0 Å². The van der Waals surface area contributed by atoms with Gasteiger partial charge in [-0.1, -0.05) is 72.8 Å². The summed E-state index contributed by atoms with van der Waals surface area (Å²) in [6.45, 7) is 1.67. The van der Waals surface area contributed by atoms with Crippen molar-refractivity contribution in [2.24, 2.45) is 0 Å². The first-order valence-corrected chi connectivity index (χ1v) is 12.2. The Labute approximate surface area is 215 Å². The zero-order valence-corrected chi connectivity index (χ0v) is 20.9. The standard InChI is InChI=1S/C30H28FN5O/c1-34(2)17-18-35(21-22-11-5-3-6-12-22)30(37)27-19-28(24-15-9-10-16-25(24)31)36-29(32-27)20-26(33-36)23-13-7-4-8-14-23/h3-16,19-20H,17-18,21H2,1-2H3. The molecule has 186 valence electrons. The number of fused-ring (bicyclic) bond motifs is 1. The average Bonchev–Trinajstić information content (AvgIpc) is 3.36. The highest BCUT2D eigenvalue weighted by Crippen LogP contribution is 2.27. The minimum Gasteiger partial charge on any atom is -0.332 e. The van der Waals surface area contributed by atoms with Crippen LogP contribution in [0.15, 0.2) is 97.1 Å². The Hall–Kier alpha value is -4.36. The second-order valence-electron chi connectivity index (χ2n) is 9.19. The van der Waals surface area contributed by atoms with E-state index >= 15 is 0 Å². The Bertz CT molecular complexity index is 1520. The van der Waals surface area contributed by atoms with E-state index in [1.807, 2.05) is 85.7 Å². The third kappa shape index (κ3) is 5.42. The zero-order valence-electron chi connectivity index (χ0n) is 20.9. The largest absolute Gasteiger partial charge is 0.332 e. The summed E-state index contributed by atoms with van der Waals surface area (Å²) < 4.78 is 16.6. The van der Waals surface area contributed by atoms with Crippen LogP contribution in [0.1, 0.15) is 16.1 Å². The van der Waals surface area contributed by atoms with Gasteiger partial charge in [-0.05, 0) is 37.9 Å². The Morgan fingerprint density at radius 2 is 1.54 bits per heavy atom. The van der Waals surface area contributed by atoms with Gasteiger partial charge in [0.2, 0.25) is 0 Å². The van der Waals surface area contributed by atoms with E-state index in [1.54, 1.807) is 33.7 Å². The quantitative estimate of drug-likeness (QED) is 0.290. The highest BCUT2D eigenvalue weighted by molar-refractivity contribution is 5.94. The van der Waals surface area contributed by atoms with Gasteiger partial charge in [0.25, 0.3) is 5.91 Å². The van der Waals surface area contributed by atoms with Crippen LogP contribution >= 0.6 is 0 Å². The Morgan fingerprint density at radius 3 is 2.24 bits per heavy atom. The molecule has 0 saturated heterocycles. The van der Waals surface area contributed by atoms with Crippen molar-refractivity contribution < 1.29 is 9.18 Å². The van der Waals surface area contributed by atoms with Crippen molar-refractivity contribution in [3.05, 3.63) is 114 Å². The molecule has 0 spiro atoms. The second-order valence-corrected chi connectivity index (χ2v) is 9.19. The molecule has 0 aliphatic carbocycles. The third-order valence-electron chi connectivity index (χ3n) is 6.19. The summed E-state index contributed by atoms with van der Waals surface area (Å²) in [7, 11) is 3.95. The summed E-state index contributed by atoms with van der Waals surface area (Å²) in [4.78, 5) is 22.4. The lowest BCUT2D eigenvalue weighted by Gasteiger charge is -2.24. The molecule has 37 heavy (non-hydrogen) atoms. The Morgan fingerprint density at radius 1 is 0.865 bits per heavy atom. The van der Waals surface area contributed by atoms with E-state index < -0.39 is 0 Å². The summed E-state index contributed by atoms with van der Waals surface area (Å²) in [5.41, 5.74) is 4.20. The first-order valence-electron chi connectivity index (χ1n) is 12.2. The predicted octanol–water partition coefficient (Wildman–Crippen LogP) is 5.41. The number of rotatable bonds is 8. The molecular weight excluding hydrogens is 465 g/mol. The van der Waals surface area contributed by atoms with Gasteiger partial charge >= 0.3 is 0 Å². The molecule has 0 fully saturated rings. The SMILES string of the molecule is CN(C)CCN(Cc1ccccc1)C(=O)c1cc(-c2ccccc2F)n2nc(-c3ccccc3)cc2n1. The highest BCUT2D eigenvalue weighted by atomic mass is 19.1. The maximum Gasteiger partial charge on any atom is 0.272 e. The van der Waals surface area contributed by atoms with E-state index in [0.717, 1.165) is 11.1 Å². The molecule has 0 unspecified atom stereocenters. The molecule has 0 aliphatic rings. The number of carbonyl (C=O) groups is 1. The van der Waals surface area contributed by atoms with E-state index in [9.17, 15) is 9.18 Å². The fourth-order valence-corrected chi connectivity index (χ4v) is 4.23. The van der Waals surface area contributed by atoms with Crippen molar-refractivity contribution in [1.29, 1.82) is 0 Å². The van der Waals surface area contributed by atoms with Crippen LogP contribution in [-0.2, 0) is 6.54 Å². The lowest BCUT2D eigenvalue weighted by atomic mass is 10.1. The second kappa shape index (κ2) is 10.7. The number of amides is 1. The smallest absolute Gasteiger partial charge is 0.272 e. The number of hydrogen-bond donors (Lipinski definition) is 0. The van der Waals surface area contributed by atoms with E-state index in [-0.39, 0.29) is 17.4 Å². The minimum absolute atomic E-state index is 0.215. The molecule has 0 N–H and O–H groups in total. The zero-order chi connectivity index (χ0) is 25.8. The minimum atomic E-state index is -0.390. The Kier molecular flexibility index (Phi) is 7.05.